The van der Waals surface area contributed by atoms with Crippen LogP contribution in [0.1, 0.15) is 52.3 Å². The van der Waals surface area contributed by atoms with Gasteiger partial charge in [0.25, 0.3) is 0 Å². The smallest absolute Gasteiger partial charge is 0.407 e. The van der Waals surface area contributed by atoms with Crippen molar-refractivity contribution in [2.75, 3.05) is 6.54 Å². The number of thiophene rings is 1. The van der Waals surface area contributed by atoms with Crippen molar-refractivity contribution in [3.63, 3.8) is 0 Å². The molecule has 0 unspecified atom stereocenters. The van der Waals surface area contributed by atoms with Crippen molar-refractivity contribution < 1.29 is 9.53 Å². The summed E-state index contributed by atoms with van der Waals surface area (Å²) >= 11 is 11.1. The maximum absolute atomic E-state index is 11.9. The first kappa shape index (κ1) is 20.7. The molecule has 1 heterocycles. The van der Waals surface area contributed by atoms with Crippen molar-refractivity contribution in [1.82, 2.24) is 10.6 Å². The lowest BCUT2D eigenvalue weighted by molar-refractivity contribution is 0.0507. The van der Waals surface area contributed by atoms with Gasteiger partial charge >= 0.3 is 6.09 Å². The Bertz CT molecular complexity index is 505. The molecule has 1 amide bonds. The van der Waals surface area contributed by atoms with E-state index in [1.54, 1.807) is 11.3 Å². The van der Waals surface area contributed by atoms with Crippen LogP contribution in [0.5, 0.6) is 0 Å². The lowest BCUT2D eigenvalue weighted by Crippen LogP contribution is -2.53. The number of carbonyl (C=O) groups excluding carboxylic acids is 1. The van der Waals surface area contributed by atoms with Crippen molar-refractivity contribution in [1.29, 1.82) is 0 Å². The average molecular weight is 426 g/mol. The van der Waals surface area contributed by atoms with Crippen LogP contribution in [0.15, 0.2) is 10.5 Å². The summed E-state index contributed by atoms with van der Waals surface area (Å²) in [5.74, 6) is 0. The highest BCUT2D eigenvalue weighted by Crippen LogP contribution is 2.32. The standard InChI is InChI=1S/C16H26BrClN2O2S/c1-6-16(7-2,10-19-14(21)22-15(3,4)5)20-9-11-8-12(17)13(18)23-11/h8,20H,6-7,9-10H2,1-5H3,(H,19,21). The number of hydrogen-bond donors (Lipinski definition) is 2. The molecule has 0 radical (unpaired) electrons. The Morgan fingerprint density at radius 1 is 1.35 bits per heavy atom. The molecule has 0 aliphatic rings. The van der Waals surface area contributed by atoms with E-state index >= 15 is 0 Å². The average Bonchev–Trinajstić information content (AvgIpc) is 2.77. The number of amides is 1. The van der Waals surface area contributed by atoms with Gasteiger partial charge in [-0.3, -0.25) is 0 Å². The zero-order chi connectivity index (χ0) is 17.7. The molecule has 1 aromatic heterocycles. The van der Waals surface area contributed by atoms with E-state index in [9.17, 15) is 4.79 Å². The van der Waals surface area contributed by atoms with Crippen LogP contribution in [-0.2, 0) is 11.3 Å². The van der Waals surface area contributed by atoms with E-state index in [1.165, 1.54) is 0 Å². The molecule has 132 valence electrons. The van der Waals surface area contributed by atoms with E-state index < -0.39 is 5.60 Å². The van der Waals surface area contributed by atoms with E-state index in [2.05, 4.69) is 40.4 Å². The minimum atomic E-state index is -0.488. The van der Waals surface area contributed by atoms with Gasteiger partial charge in [-0.2, -0.15) is 0 Å². The second-order valence-electron chi connectivity index (χ2n) is 6.53. The highest BCUT2D eigenvalue weighted by Gasteiger charge is 2.27. The quantitative estimate of drug-likeness (QED) is 0.620. The fourth-order valence-corrected chi connectivity index (χ4v) is 3.85. The Morgan fingerprint density at radius 3 is 2.39 bits per heavy atom. The summed E-state index contributed by atoms with van der Waals surface area (Å²) in [6, 6.07) is 2.03. The third-order valence-corrected chi connectivity index (χ3v) is 6.13. The maximum Gasteiger partial charge on any atom is 0.407 e. The molecule has 1 aromatic rings. The largest absolute Gasteiger partial charge is 0.444 e. The molecule has 0 aromatic carbocycles. The van der Waals surface area contributed by atoms with Crippen LogP contribution in [0.25, 0.3) is 0 Å². The van der Waals surface area contributed by atoms with Crippen LogP contribution in [0.3, 0.4) is 0 Å². The fourth-order valence-electron chi connectivity index (χ4n) is 2.12. The number of ether oxygens (including phenoxy) is 1. The number of rotatable bonds is 7. The van der Waals surface area contributed by atoms with Gasteiger partial charge in [0, 0.05) is 28.0 Å². The molecule has 0 saturated carbocycles. The van der Waals surface area contributed by atoms with Gasteiger partial charge in [-0.25, -0.2) is 4.79 Å². The third kappa shape index (κ3) is 6.99. The number of nitrogens with one attached hydrogen (secondary N) is 2. The zero-order valence-electron chi connectivity index (χ0n) is 14.4. The normalized spacial score (nSPS) is 12.3. The van der Waals surface area contributed by atoms with Gasteiger partial charge in [0.05, 0.1) is 0 Å². The third-order valence-electron chi connectivity index (χ3n) is 3.66. The van der Waals surface area contributed by atoms with Gasteiger partial charge in [-0.15, -0.1) is 11.3 Å². The molecule has 23 heavy (non-hydrogen) atoms. The second kappa shape index (κ2) is 8.70. The molecule has 0 saturated heterocycles. The van der Waals surface area contributed by atoms with Crippen LogP contribution < -0.4 is 10.6 Å². The van der Waals surface area contributed by atoms with Gasteiger partial charge in [0.15, 0.2) is 0 Å². The lowest BCUT2D eigenvalue weighted by atomic mass is 9.92. The first-order valence-electron chi connectivity index (χ1n) is 7.76. The molecular formula is C16H26BrClN2O2S. The van der Waals surface area contributed by atoms with Crippen molar-refractivity contribution in [2.45, 2.75) is 65.1 Å². The fraction of sp³-hybridized carbons (Fsp3) is 0.688. The molecule has 0 bridgehead atoms. The molecule has 0 fully saturated rings. The zero-order valence-corrected chi connectivity index (χ0v) is 17.5. The number of alkyl carbamates (subject to hydrolysis) is 1. The summed E-state index contributed by atoms with van der Waals surface area (Å²) in [7, 11) is 0. The Labute approximate surface area is 156 Å². The summed E-state index contributed by atoms with van der Waals surface area (Å²) in [6.45, 7) is 11.0. The van der Waals surface area contributed by atoms with Crippen molar-refractivity contribution in [3.05, 3.63) is 19.8 Å². The number of hydrogen-bond acceptors (Lipinski definition) is 4. The first-order chi connectivity index (χ1) is 10.6. The van der Waals surface area contributed by atoms with Gasteiger partial charge in [-0.1, -0.05) is 25.4 Å². The number of halogens is 2. The van der Waals surface area contributed by atoms with Crippen LogP contribution in [0, 0.1) is 0 Å². The van der Waals surface area contributed by atoms with Gasteiger partial charge in [0.1, 0.15) is 9.94 Å². The Balaban J connectivity index is 2.62. The molecule has 1 rings (SSSR count). The summed E-state index contributed by atoms with van der Waals surface area (Å²) in [4.78, 5) is 13.0. The highest BCUT2D eigenvalue weighted by atomic mass is 79.9. The van der Waals surface area contributed by atoms with Crippen molar-refractivity contribution in [3.8, 4) is 0 Å². The van der Waals surface area contributed by atoms with E-state index in [-0.39, 0.29) is 11.6 Å². The van der Waals surface area contributed by atoms with Crippen LogP contribution >= 0.6 is 38.9 Å². The highest BCUT2D eigenvalue weighted by molar-refractivity contribution is 9.10. The maximum atomic E-state index is 11.9. The first-order valence-corrected chi connectivity index (χ1v) is 9.75. The van der Waals surface area contributed by atoms with Gasteiger partial charge in [-0.05, 0) is 55.6 Å². The lowest BCUT2D eigenvalue weighted by Gasteiger charge is -2.33. The van der Waals surface area contributed by atoms with Crippen LogP contribution in [-0.4, -0.2) is 23.8 Å². The molecule has 4 nitrogen and oxygen atoms in total. The minimum absolute atomic E-state index is 0.167. The summed E-state index contributed by atoms with van der Waals surface area (Å²) < 4.78 is 6.98. The molecule has 0 spiro atoms. The van der Waals surface area contributed by atoms with Crippen LogP contribution in [0.2, 0.25) is 4.34 Å². The topological polar surface area (TPSA) is 50.4 Å². The summed E-state index contributed by atoms with van der Waals surface area (Å²) in [5, 5.41) is 6.45. The van der Waals surface area contributed by atoms with Crippen molar-refractivity contribution >= 4 is 45.0 Å². The number of carbonyl (C=O) groups is 1. The second-order valence-corrected chi connectivity index (χ2v) is 9.12. The Hall–Kier alpha value is -0.300. The van der Waals surface area contributed by atoms with Gasteiger partial charge in [0.2, 0.25) is 0 Å². The summed E-state index contributed by atoms with van der Waals surface area (Å²) in [5.41, 5.74) is -0.654. The molecule has 7 heteroatoms. The molecule has 2 N–H and O–H groups in total. The van der Waals surface area contributed by atoms with E-state index in [0.29, 0.717) is 13.1 Å². The Morgan fingerprint density at radius 2 is 1.96 bits per heavy atom. The van der Waals surface area contributed by atoms with E-state index in [1.807, 2.05) is 26.8 Å². The minimum Gasteiger partial charge on any atom is -0.444 e. The van der Waals surface area contributed by atoms with E-state index in [0.717, 1.165) is 26.5 Å². The molecule has 0 atom stereocenters. The molecule has 0 aliphatic carbocycles. The summed E-state index contributed by atoms with van der Waals surface area (Å²) in [6.07, 6.45) is 1.42. The van der Waals surface area contributed by atoms with Gasteiger partial charge < -0.3 is 15.4 Å². The van der Waals surface area contributed by atoms with Crippen molar-refractivity contribution in [2.24, 2.45) is 0 Å². The SMILES string of the molecule is CCC(CC)(CNC(=O)OC(C)(C)C)NCc1cc(Br)c(Cl)s1. The molecule has 0 aliphatic heterocycles. The monoisotopic (exact) mass is 424 g/mol. The Kier molecular flexibility index (Phi) is 7.84. The van der Waals surface area contributed by atoms with E-state index in [4.69, 9.17) is 16.3 Å². The predicted molar refractivity (Wildman–Crippen MR) is 101 cm³/mol. The van der Waals surface area contributed by atoms with Crippen LogP contribution in [0.4, 0.5) is 4.79 Å². The molecular weight excluding hydrogens is 400 g/mol. The predicted octanol–water partition coefficient (Wildman–Crippen LogP) is 5.34.